The number of fused-ring (bicyclic) bond motifs is 2. The summed E-state index contributed by atoms with van der Waals surface area (Å²) < 4.78 is 35.5. The van der Waals surface area contributed by atoms with Gasteiger partial charge in [0.1, 0.15) is 5.82 Å². The van der Waals surface area contributed by atoms with Crippen molar-refractivity contribution in [1.82, 2.24) is 28.8 Å². The van der Waals surface area contributed by atoms with Crippen LogP contribution < -0.4 is 15.0 Å². The zero-order valence-electron chi connectivity index (χ0n) is 20.5. The Kier molecular flexibility index (Phi) is 6.78. The molecule has 2 aromatic rings. The number of hydrogen-bond acceptors (Lipinski definition) is 9. The number of aromatic nitrogens is 4. The number of methoxy groups -OCH3 is 1. The molecule has 3 N–H and O–H groups in total. The number of rotatable bonds is 8. The van der Waals surface area contributed by atoms with E-state index in [1.807, 2.05) is 11.9 Å². The van der Waals surface area contributed by atoms with Gasteiger partial charge in [-0.25, -0.2) is 0 Å². The predicted octanol–water partition coefficient (Wildman–Crippen LogP) is 1.08. The predicted molar refractivity (Wildman–Crippen MR) is 134 cm³/mol. The van der Waals surface area contributed by atoms with Crippen LogP contribution in [-0.2, 0) is 16.8 Å². The van der Waals surface area contributed by atoms with Crippen LogP contribution in [0.15, 0.2) is 12.1 Å². The van der Waals surface area contributed by atoms with E-state index >= 15 is 0 Å². The first kappa shape index (κ1) is 24.8. The van der Waals surface area contributed by atoms with E-state index in [1.54, 1.807) is 23.5 Å². The van der Waals surface area contributed by atoms with E-state index in [0.717, 1.165) is 19.3 Å². The highest BCUT2D eigenvalue weighted by atomic mass is 32.2. The van der Waals surface area contributed by atoms with Gasteiger partial charge in [0, 0.05) is 56.3 Å². The highest BCUT2D eigenvalue weighted by Gasteiger charge is 2.49. The van der Waals surface area contributed by atoms with E-state index in [-0.39, 0.29) is 30.7 Å². The topological polar surface area (TPSA) is 140 Å². The maximum absolute atomic E-state index is 13.4. The molecular weight excluding hydrogens is 484 g/mol. The molecule has 3 saturated heterocycles. The third kappa shape index (κ3) is 4.61. The smallest absolute Gasteiger partial charge is 0.282 e. The van der Waals surface area contributed by atoms with Gasteiger partial charge in [-0.2, -0.15) is 32.1 Å². The van der Waals surface area contributed by atoms with Crippen LogP contribution in [0.3, 0.4) is 0 Å². The molecule has 2 bridgehead atoms. The fourth-order valence-electron chi connectivity index (χ4n) is 5.41. The van der Waals surface area contributed by atoms with E-state index in [1.165, 1.54) is 4.31 Å². The summed E-state index contributed by atoms with van der Waals surface area (Å²) in [4.78, 5) is 11.2. The van der Waals surface area contributed by atoms with Gasteiger partial charge in [0.15, 0.2) is 5.82 Å². The summed E-state index contributed by atoms with van der Waals surface area (Å²) in [5.41, 5.74) is 0.581. The second kappa shape index (κ2) is 9.85. The minimum Gasteiger partial charge on any atom is -0.481 e. The summed E-state index contributed by atoms with van der Waals surface area (Å²) >= 11 is 0. The van der Waals surface area contributed by atoms with Gasteiger partial charge < -0.3 is 20.1 Å². The van der Waals surface area contributed by atoms with Gasteiger partial charge >= 0.3 is 0 Å². The van der Waals surface area contributed by atoms with Crippen molar-refractivity contribution in [1.29, 1.82) is 0 Å². The number of aliphatic hydroxyl groups is 1. The van der Waals surface area contributed by atoms with Crippen molar-refractivity contribution >= 4 is 27.8 Å². The van der Waals surface area contributed by atoms with Crippen LogP contribution in [0, 0.1) is 18.3 Å². The molecule has 194 valence electrons. The fraction of sp³-hybridized carbons (Fsp3) is 0.609. The lowest BCUT2D eigenvalue weighted by atomic mass is 9.83. The van der Waals surface area contributed by atoms with Gasteiger partial charge in [0.05, 0.1) is 19.4 Å². The van der Waals surface area contributed by atoms with Crippen molar-refractivity contribution in [2.24, 2.45) is 5.92 Å². The number of ether oxygens (including phenoxy) is 1. The Bertz CT molecular complexity index is 1220. The molecule has 3 aliphatic heterocycles. The number of H-pyrrole nitrogens is 1. The molecule has 12 nitrogen and oxygen atoms in total. The summed E-state index contributed by atoms with van der Waals surface area (Å²) in [5.74, 6) is 4.55. The number of nitrogens with one attached hydrogen (secondary N) is 2. The van der Waals surface area contributed by atoms with E-state index in [4.69, 9.17) is 11.2 Å². The van der Waals surface area contributed by atoms with Crippen molar-refractivity contribution < 1.29 is 18.3 Å². The van der Waals surface area contributed by atoms with E-state index in [2.05, 4.69) is 31.4 Å². The number of nitrogens with zero attached hydrogens (tertiary/aromatic N) is 6. The second-order valence-corrected chi connectivity index (χ2v) is 11.5. The molecule has 2 aromatic heterocycles. The molecule has 1 unspecified atom stereocenters. The molecule has 0 amide bonds. The van der Waals surface area contributed by atoms with E-state index < -0.39 is 10.2 Å². The van der Waals surface area contributed by atoms with Crippen LogP contribution in [0.5, 0.6) is 5.88 Å². The quantitative estimate of drug-likeness (QED) is 0.440. The standard InChI is InChI=1S/C23H32N8O4S/c1-4-15-12-30(13-15)36(33,34)31-17-6-5-7-18(31)10-19(9-17)29(2)23-25-20(11-22(26-23)35-3)24-21-8-16(14-32)27-28-21/h1,8,11,15,17-19,32H,5-7,9-10,12-14H2,2-3H3,(H2,24,25,26,27,28)/t17-,18+,19?. The second-order valence-electron chi connectivity index (χ2n) is 9.65. The third-order valence-electron chi connectivity index (χ3n) is 7.38. The fourth-order valence-corrected chi connectivity index (χ4v) is 7.55. The number of aliphatic hydroxyl groups excluding tert-OH is 1. The molecule has 3 fully saturated rings. The first-order valence-corrected chi connectivity index (χ1v) is 13.5. The molecule has 0 aliphatic carbocycles. The van der Waals surface area contributed by atoms with E-state index in [0.29, 0.717) is 55.1 Å². The van der Waals surface area contributed by atoms with Crippen LogP contribution in [0.25, 0.3) is 0 Å². The van der Waals surface area contributed by atoms with Gasteiger partial charge in [-0.1, -0.05) is 6.42 Å². The van der Waals surface area contributed by atoms with Gasteiger partial charge in [-0.05, 0) is 25.7 Å². The molecule has 13 heteroatoms. The van der Waals surface area contributed by atoms with Gasteiger partial charge in [-0.15, -0.1) is 12.3 Å². The normalized spacial score (nSPS) is 25.1. The summed E-state index contributed by atoms with van der Waals surface area (Å²) in [6.07, 6.45) is 9.56. The molecule has 5 heterocycles. The average Bonchev–Trinajstić information content (AvgIpc) is 3.29. The molecule has 3 atom stereocenters. The summed E-state index contributed by atoms with van der Waals surface area (Å²) in [7, 11) is -0.0467. The van der Waals surface area contributed by atoms with Gasteiger partial charge in [0.25, 0.3) is 10.2 Å². The average molecular weight is 517 g/mol. The van der Waals surface area contributed by atoms with Crippen LogP contribution in [0.4, 0.5) is 17.6 Å². The van der Waals surface area contributed by atoms with Gasteiger partial charge in [-0.3, -0.25) is 5.10 Å². The Hall–Kier alpha value is -2.92. The summed E-state index contributed by atoms with van der Waals surface area (Å²) in [6.45, 7) is 0.664. The maximum atomic E-state index is 13.4. The third-order valence-corrected chi connectivity index (χ3v) is 9.46. The lowest BCUT2D eigenvalue weighted by molar-refractivity contribution is 0.0931. The number of hydrogen-bond donors (Lipinski definition) is 3. The first-order chi connectivity index (χ1) is 17.3. The Morgan fingerprint density at radius 2 is 1.97 bits per heavy atom. The van der Waals surface area contributed by atoms with Crippen LogP contribution in [-0.4, -0.2) is 87.7 Å². The monoisotopic (exact) mass is 516 g/mol. The summed E-state index contributed by atoms with van der Waals surface area (Å²) in [5, 5.41) is 19.2. The first-order valence-electron chi connectivity index (χ1n) is 12.1. The molecule has 3 aliphatic rings. The molecule has 5 rings (SSSR count). The number of piperidine rings is 2. The number of anilines is 3. The van der Waals surface area contributed by atoms with Crippen LogP contribution in [0.2, 0.25) is 0 Å². The zero-order chi connectivity index (χ0) is 25.4. The minimum absolute atomic E-state index is 0.00741. The van der Waals surface area contributed by atoms with Crippen molar-refractivity contribution in [3.63, 3.8) is 0 Å². The summed E-state index contributed by atoms with van der Waals surface area (Å²) in [6, 6.07) is 3.31. The highest BCUT2D eigenvalue weighted by molar-refractivity contribution is 7.86. The van der Waals surface area contributed by atoms with E-state index in [9.17, 15) is 13.5 Å². The Balaban J connectivity index is 1.34. The molecular formula is C23H32N8O4S. The maximum Gasteiger partial charge on any atom is 0.282 e. The Morgan fingerprint density at radius 3 is 2.58 bits per heavy atom. The highest BCUT2D eigenvalue weighted by Crippen LogP contribution is 2.40. The number of aromatic amines is 1. The van der Waals surface area contributed by atoms with Crippen molar-refractivity contribution in [3.8, 4) is 18.2 Å². The molecule has 0 saturated carbocycles. The lowest BCUT2D eigenvalue weighted by Gasteiger charge is -2.51. The van der Waals surface area contributed by atoms with Crippen LogP contribution >= 0.6 is 0 Å². The molecule has 0 spiro atoms. The van der Waals surface area contributed by atoms with Crippen LogP contribution in [0.1, 0.15) is 37.8 Å². The minimum atomic E-state index is -3.53. The van der Waals surface area contributed by atoms with Crippen molar-refractivity contribution in [2.75, 3.05) is 37.5 Å². The largest absolute Gasteiger partial charge is 0.481 e. The Labute approximate surface area is 211 Å². The van der Waals surface area contributed by atoms with Crippen molar-refractivity contribution in [3.05, 3.63) is 17.8 Å². The molecule has 0 radical (unpaired) electrons. The van der Waals surface area contributed by atoms with Gasteiger partial charge in [0.2, 0.25) is 11.8 Å². The SMILES string of the molecule is C#CC1CN(S(=O)(=O)N2[C@@H]3CCC[C@H]2CC(N(C)c2nc(Nc4cc(CO)[nH]n4)cc(OC)n2)C3)C1. The molecule has 36 heavy (non-hydrogen) atoms. The number of terminal acetylenes is 1. The van der Waals surface area contributed by atoms with Crippen molar-refractivity contribution in [2.45, 2.75) is 56.8 Å². The molecule has 0 aromatic carbocycles. The zero-order valence-corrected chi connectivity index (χ0v) is 21.3. The lowest BCUT2D eigenvalue weighted by Crippen LogP contribution is -2.64. The Morgan fingerprint density at radius 1 is 1.25 bits per heavy atom.